The van der Waals surface area contributed by atoms with E-state index < -0.39 is 6.10 Å². The summed E-state index contributed by atoms with van der Waals surface area (Å²) < 4.78 is 12.4. The molecular weight excluding hydrogens is 222 g/mol. The van der Waals surface area contributed by atoms with Crippen LogP contribution in [0.5, 0.6) is 5.75 Å². The van der Waals surface area contributed by atoms with Crippen molar-refractivity contribution in [2.75, 3.05) is 26.3 Å². The van der Waals surface area contributed by atoms with Crippen LogP contribution >= 0.6 is 0 Å². The van der Waals surface area contributed by atoms with E-state index in [0.717, 1.165) is 0 Å². The predicted molar refractivity (Wildman–Crippen MR) is 60.7 cm³/mol. The van der Waals surface area contributed by atoms with Crippen molar-refractivity contribution in [3.05, 3.63) is 12.4 Å². The molecule has 2 rings (SSSR count). The molecule has 0 bridgehead atoms. The number of carbonyl (C=O) groups is 1. The lowest BCUT2D eigenvalue weighted by molar-refractivity contribution is -0.142. The van der Waals surface area contributed by atoms with E-state index in [0.29, 0.717) is 32.1 Å². The van der Waals surface area contributed by atoms with Crippen molar-refractivity contribution in [2.45, 2.75) is 13.0 Å². The first-order valence-electron chi connectivity index (χ1n) is 5.68. The fraction of sp³-hybridized carbons (Fsp3) is 0.636. The Morgan fingerprint density at radius 1 is 1.53 bits per heavy atom. The zero-order valence-electron chi connectivity index (χ0n) is 10.1. The highest BCUT2D eigenvalue weighted by molar-refractivity contribution is 5.80. The Morgan fingerprint density at radius 3 is 2.82 bits per heavy atom. The molecule has 0 spiro atoms. The topological polar surface area (TPSA) is 56.6 Å². The molecule has 0 aliphatic carbocycles. The Balaban J connectivity index is 1.90. The minimum absolute atomic E-state index is 0.00264. The Labute approximate surface area is 100 Å². The average Bonchev–Trinajstić information content (AvgIpc) is 2.75. The molecule has 0 saturated carbocycles. The normalized spacial score (nSPS) is 17.9. The van der Waals surface area contributed by atoms with Crippen LogP contribution in [0.3, 0.4) is 0 Å². The first-order chi connectivity index (χ1) is 8.16. The van der Waals surface area contributed by atoms with Crippen molar-refractivity contribution in [1.29, 1.82) is 0 Å². The van der Waals surface area contributed by atoms with Crippen LogP contribution in [-0.4, -0.2) is 53.0 Å². The van der Waals surface area contributed by atoms with E-state index in [2.05, 4.69) is 5.10 Å². The van der Waals surface area contributed by atoms with Crippen molar-refractivity contribution in [2.24, 2.45) is 7.05 Å². The summed E-state index contributed by atoms with van der Waals surface area (Å²) in [6.07, 6.45) is 2.85. The van der Waals surface area contributed by atoms with Crippen molar-refractivity contribution < 1.29 is 14.3 Å². The van der Waals surface area contributed by atoms with Gasteiger partial charge in [0.25, 0.3) is 5.91 Å². The van der Waals surface area contributed by atoms with Crippen LogP contribution in [0.4, 0.5) is 0 Å². The molecule has 0 aromatic carbocycles. The van der Waals surface area contributed by atoms with Crippen molar-refractivity contribution in [1.82, 2.24) is 14.7 Å². The molecule has 17 heavy (non-hydrogen) atoms. The maximum atomic E-state index is 12.0. The molecule has 1 fully saturated rings. The van der Waals surface area contributed by atoms with E-state index in [-0.39, 0.29) is 5.91 Å². The minimum atomic E-state index is -0.489. The van der Waals surface area contributed by atoms with E-state index in [1.165, 1.54) is 0 Å². The first kappa shape index (κ1) is 11.9. The number of ether oxygens (including phenoxy) is 2. The molecular formula is C11H17N3O3. The van der Waals surface area contributed by atoms with Gasteiger partial charge in [-0.05, 0) is 6.92 Å². The molecule has 2 heterocycles. The van der Waals surface area contributed by atoms with Gasteiger partial charge in [0, 0.05) is 20.1 Å². The SMILES string of the molecule is CC(Oc1cnn(C)c1)C(=O)N1CCOCC1. The van der Waals surface area contributed by atoms with Crippen LogP contribution in [-0.2, 0) is 16.6 Å². The zero-order valence-corrected chi connectivity index (χ0v) is 10.1. The number of hydrogen-bond donors (Lipinski definition) is 0. The lowest BCUT2D eigenvalue weighted by atomic mass is 10.3. The quantitative estimate of drug-likeness (QED) is 0.747. The van der Waals surface area contributed by atoms with Crippen LogP contribution in [0.15, 0.2) is 12.4 Å². The summed E-state index contributed by atoms with van der Waals surface area (Å²) in [5.74, 6) is 0.610. The van der Waals surface area contributed by atoms with Gasteiger partial charge in [0.1, 0.15) is 0 Å². The first-order valence-corrected chi connectivity index (χ1v) is 5.68. The van der Waals surface area contributed by atoms with E-state index in [9.17, 15) is 4.79 Å². The smallest absolute Gasteiger partial charge is 0.263 e. The molecule has 1 aliphatic rings. The second-order valence-electron chi connectivity index (χ2n) is 4.05. The maximum Gasteiger partial charge on any atom is 0.263 e. The Morgan fingerprint density at radius 2 is 2.24 bits per heavy atom. The summed E-state index contributed by atoms with van der Waals surface area (Å²) in [5.41, 5.74) is 0. The van der Waals surface area contributed by atoms with Gasteiger partial charge in [0.2, 0.25) is 0 Å². The Kier molecular flexibility index (Phi) is 3.63. The van der Waals surface area contributed by atoms with Crippen LogP contribution in [0.2, 0.25) is 0 Å². The van der Waals surface area contributed by atoms with Crippen molar-refractivity contribution in [3.63, 3.8) is 0 Å². The van der Waals surface area contributed by atoms with Gasteiger partial charge < -0.3 is 14.4 Å². The summed E-state index contributed by atoms with van der Waals surface area (Å²) in [4.78, 5) is 13.8. The van der Waals surface area contributed by atoms with E-state index in [4.69, 9.17) is 9.47 Å². The summed E-state index contributed by atoms with van der Waals surface area (Å²) in [6, 6.07) is 0. The third-order valence-electron chi connectivity index (χ3n) is 2.66. The molecule has 1 amide bonds. The van der Waals surface area contributed by atoms with Crippen LogP contribution in [0.25, 0.3) is 0 Å². The van der Waals surface area contributed by atoms with Crippen LogP contribution in [0.1, 0.15) is 6.92 Å². The highest BCUT2D eigenvalue weighted by Crippen LogP contribution is 2.11. The molecule has 0 N–H and O–H groups in total. The largest absolute Gasteiger partial charge is 0.478 e. The Bertz CT molecular complexity index is 385. The highest BCUT2D eigenvalue weighted by atomic mass is 16.5. The molecule has 1 unspecified atom stereocenters. The van der Waals surface area contributed by atoms with E-state index in [1.807, 2.05) is 0 Å². The molecule has 0 radical (unpaired) electrons. The number of nitrogens with zero attached hydrogens (tertiary/aromatic N) is 3. The lowest BCUT2D eigenvalue weighted by Gasteiger charge is -2.29. The van der Waals surface area contributed by atoms with Crippen molar-refractivity contribution in [3.8, 4) is 5.75 Å². The average molecular weight is 239 g/mol. The molecule has 1 saturated heterocycles. The van der Waals surface area contributed by atoms with Gasteiger partial charge in [-0.25, -0.2) is 0 Å². The third kappa shape index (κ3) is 2.97. The molecule has 1 aromatic heterocycles. The van der Waals surface area contributed by atoms with Gasteiger partial charge in [-0.3, -0.25) is 9.48 Å². The van der Waals surface area contributed by atoms with Gasteiger partial charge >= 0.3 is 0 Å². The Hall–Kier alpha value is -1.56. The summed E-state index contributed by atoms with van der Waals surface area (Å²) in [5, 5.41) is 3.99. The minimum Gasteiger partial charge on any atom is -0.478 e. The zero-order chi connectivity index (χ0) is 12.3. The second kappa shape index (κ2) is 5.18. The van der Waals surface area contributed by atoms with Crippen LogP contribution < -0.4 is 4.74 Å². The van der Waals surface area contributed by atoms with Gasteiger partial charge in [0.15, 0.2) is 11.9 Å². The van der Waals surface area contributed by atoms with Crippen molar-refractivity contribution >= 4 is 5.91 Å². The molecule has 6 heteroatoms. The lowest BCUT2D eigenvalue weighted by Crippen LogP contribution is -2.46. The molecule has 1 aliphatic heterocycles. The van der Waals surface area contributed by atoms with Crippen LogP contribution in [0, 0.1) is 0 Å². The third-order valence-corrected chi connectivity index (χ3v) is 2.66. The monoisotopic (exact) mass is 239 g/mol. The van der Waals surface area contributed by atoms with Gasteiger partial charge in [0.05, 0.1) is 25.6 Å². The maximum absolute atomic E-state index is 12.0. The summed E-state index contributed by atoms with van der Waals surface area (Å²) in [7, 11) is 1.81. The number of hydrogen-bond acceptors (Lipinski definition) is 4. The summed E-state index contributed by atoms with van der Waals surface area (Å²) >= 11 is 0. The van der Waals surface area contributed by atoms with E-state index >= 15 is 0 Å². The number of aryl methyl sites for hydroxylation is 1. The molecule has 6 nitrogen and oxygen atoms in total. The van der Waals surface area contributed by atoms with Gasteiger partial charge in [-0.15, -0.1) is 0 Å². The molecule has 94 valence electrons. The molecule has 1 aromatic rings. The number of aromatic nitrogens is 2. The van der Waals surface area contributed by atoms with Gasteiger partial charge in [-0.1, -0.05) is 0 Å². The number of amides is 1. The number of morpholine rings is 1. The fourth-order valence-corrected chi connectivity index (χ4v) is 1.76. The number of rotatable bonds is 3. The standard InChI is InChI=1S/C11H17N3O3/c1-9(17-10-7-12-13(2)8-10)11(15)14-3-5-16-6-4-14/h7-9H,3-6H2,1-2H3. The fourth-order valence-electron chi connectivity index (χ4n) is 1.76. The highest BCUT2D eigenvalue weighted by Gasteiger charge is 2.23. The van der Waals surface area contributed by atoms with E-state index in [1.54, 1.807) is 35.9 Å². The predicted octanol–water partition coefficient (Wildman–Crippen LogP) is 0.0462. The molecule has 1 atom stereocenters. The number of carbonyl (C=O) groups excluding carboxylic acids is 1. The summed E-state index contributed by atoms with van der Waals surface area (Å²) in [6.45, 7) is 4.24. The van der Waals surface area contributed by atoms with Gasteiger partial charge in [-0.2, -0.15) is 5.10 Å². The second-order valence-corrected chi connectivity index (χ2v) is 4.05.